The average Bonchev–Trinajstić information content (AvgIpc) is 2.96. The standard InChI is InChI=1S/C17H20N2O2S/c1-13-18-15(12-22-13)8-9-17(21)19(2)16(10-11-20)14-6-4-3-5-7-14/h3-9,12,16,20H,10-11H2,1-2H3/b9-8+. The van der Waals surface area contributed by atoms with Gasteiger partial charge in [0.15, 0.2) is 0 Å². The molecule has 0 radical (unpaired) electrons. The van der Waals surface area contributed by atoms with Crippen LogP contribution in [0.5, 0.6) is 0 Å². The van der Waals surface area contributed by atoms with E-state index in [9.17, 15) is 9.90 Å². The summed E-state index contributed by atoms with van der Waals surface area (Å²) < 4.78 is 0. The van der Waals surface area contributed by atoms with Crippen molar-refractivity contribution in [2.45, 2.75) is 19.4 Å². The molecule has 4 nitrogen and oxygen atoms in total. The summed E-state index contributed by atoms with van der Waals surface area (Å²) >= 11 is 1.56. The van der Waals surface area contributed by atoms with Crippen LogP contribution < -0.4 is 0 Å². The smallest absolute Gasteiger partial charge is 0.246 e. The summed E-state index contributed by atoms with van der Waals surface area (Å²) in [5.74, 6) is -0.104. The third-order valence-corrected chi connectivity index (χ3v) is 4.23. The second kappa shape index (κ2) is 7.87. The molecule has 2 aromatic rings. The number of hydrogen-bond donors (Lipinski definition) is 1. The molecule has 1 aromatic carbocycles. The first-order chi connectivity index (χ1) is 10.6. The maximum Gasteiger partial charge on any atom is 0.246 e. The van der Waals surface area contributed by atoms with Gasteiger partial charge in [0.2, 0.25) is 5.91 Å². The van der Waals surface area contributed by atoms with Crippen molar-refractivity contribution in [3.8, 4) is 0 Å². The van der Waals surface area contributed by atoms with Crippen LogP contribution in [0.2, 0.25) is 0 Å². The zero-order chi connectivity index (χ0) is 15.9. The third kappa shape index (κ3) is 4.26. The fourth-order valence-electron chi connectivity index (χ4n) is 2.27. The van der Waals surface area contributed by atoms with Gasteiger partial charge < -0.3 is 10.0 Å². The van der Waals surface area contributed by atoms with Gasteiger partial charge in [-0.3, -0.25) is 4.79 Å². The summed E-state index contributed by atoms with van der Waals surface area (Å²) in [4.78, 5) is 18.3. The number of carbonyl (C=O) groups excluding carboxylic acids is 1. The van der Waals surface area contributed by atoms with Crippen molar-refractivity contribution in [2.24, 2.45) is 0 Å². The number of aromatic nitrogens is 1. The molecule has 1 atom stereocenters. The average molecular weight is 316 g/mol. The van der Waals surface area contributed by atoms with E-state index in [0.717, 1.165) is 16.3 Å². The van der Waals surface area contributed by atoms with E-state index in [4.69, 9.17) is 0 Å². The fourth-order valence-corrected chi connectivity index (χ4v) is 2.85. The van der Waals surface area contributed by atoms with Crippen LogP contribution >= 0.6 is 11.3 Å². The molecule has 0 fully saturated rings. The van der Waals surface area contributed by atoms with Crippen molar-refractivity contribution in [2.75, 3.05) is 13.7 Å². The Kier molecular flexibility index (Phi) is 5.86. The van der Waals surface area contributed by atoms with Crippen LogP contribution in [0.4, 0.5) is 0 Å². The Balaban J connectivity index is 2.11. The lowest BCUT2D eigenvalue weighted by Gasteiger charge is -2.27. The van der Waals surface area contributed by atoms with Gasteiger partial charge in [-0.2, -0.15) is 0 Å². The first-order valence-electron chi connectivity index (χ1n) is 7.14. The normalized spacial score (nSPS) is 12.5. The minimum absolute atomic E-state index is 0.0339. The van der Waals surface area contributed by atoms with Crippen LogP contribution in [0, 0.1) is 6.92 Å². The highest BCUT2D eigenvalue weighted by atomic mass is 32.1. The summed E-state index contributed by atoms with van der Waals surface area (Å²) in [7, 11) is 1.76. The number of thiazole rings is 1. The Morgan fingerprint density at radius 1 is 1.41 bits per heavy atom. The van der Waals surface area contributed by atoms with Crippen LogP contribution in [0.3, 0.4) is 0 Å². The molecule has 2 rings (SSSR count). The van der Waals surface area contributed by atoms with Crippen LogP contribution in [-0.4, -0.2) is 34.6 Å². The summed E-state index contributed by atoms with van der Waals surface area (Å²) in [5, 5.41) is 12.2. The predicted molar refractivity (Wildman–Crippen MR) is 89.5 cm³/mol. The number of hydrogen-bond acceptors (Lipinski definition) is 4. The number of nitrogens with zero attached hydrogens (tertiary/aromatic N) is 2. The number of aliphatic hydroxyl groups excluding tert-OH is 1. The maximum atomic E-state index is 12.3. The maximum absolute atomic E-state index is 12.3. The van der Waals surface area contributed by atoms with Crippen molar-refractivity contribution in [3.63, 3.8) is 0 Å². The highest BCUT2D eigenvalue weighted by molar-refractivity contribution is 7.09. The van der Waals surface area contributed by atoms with E-state index < -0.39 is 0 Å². The molecule has 1 aromatic heterocycles. The van der Waals surface area contributed by atoms with Crippen LogP contribution in [0.1, 0.15) is 28.7 Å². The molecule has 22 heavy (non-hydrogen) atoms. The van der Waals surface area contributed by atoms with Gasteiger partial charge in [-0.1, -0.05) is 30.3 Å². The molecule has 0 bridgehead atoms. The largest absolute Gasteiger partial charge is 0.396 e. The Morgan fingerprint density at radius 3 is 2.73 bits per heavy atom. The summed E-state index contributed by atoms with van der Waals surface area (Å²) in [6.45, 7) is 1.97. The van der Waals surface area contributed by atoms with Crippen molar-refractivity contribution in [1.29, 1.82) is 0 Å². The molecule has 0 saturated carbocycles. The second-order valence-corrected chi connectivity index (χ2v) is 6.07. The molecule has 0 aliphatic rings. The van der Waals surface area contributed by atoms with E-state index in [2.05, 4.69) is 4.98 Å². The predicted octanol–water partition coefficient (Wildman–Crippen LogP) is 3.05. The van der Waals surface area contributed by atoms with E-state index in [0.29, 0.717) is 6.42 Å². The highest BCUT2D eigenvalue weighted by Gasteiger charge is 2.19. The van der Waals surface area contributed by atoms with E-state index >= 15 is 0 Å². The molecule has 1 unspecified atom stereocenters. The lowest BCUT2D eigenvalue weighted by Crippen LogP contribution is -2.30. The number of aliphatic hydroxyl groups is 1. The number of amides is 1. The lowest BCUT2D eigenvalue weighted by molar-refractivity contribution is -0.127. The molecule has 0 aliphatic heterocycles. The Bertz CT molecular complexity index is 637. The molecule has 0 saturated heterocycles. The lowest BCUT2D eigenvalue weighted by atomic mass is 10.0. The van der Waals surface area contributed by atoms with Crippen molar-refractivity contribution >= 4 is 23.3 Å². The number of likely N-dealkylation sites (N-methyl/N-ethyl adjacent to an activating group) is 1. The summed E-state index contributed by atoms with van der Waals surface area (Å²) in [5.41, 5.74) is 1.81. The van der Waals surface area contributed by atoms with Crippen molar-refractivity contribution in [1.82, 2.24) is 9.88 Å². The van der Waals surface area contributed by atoms with E-state index in [1.54, 1.807) is 29.4 Å². The summed E-state index contributed by atoms with van der Waals surface area (Å²) in [6.07, 6.45) is 3.76. The Labute approximate surface area is 134 Å². The molecule has 1 heterocycles. The van der Waals surface area contributed by atoms with Gasteiger partial charge in [0, 0.05) is 25.1 Å². The molecular formula is C17H20N2O2S. The van der Waals surface area contributed by atoms with Gasteiger partial charge in [-0.25, -0.2) is 4.98 Å². The molecule has 0 spiro atoms. The summed E-state index contributed by atoms with van der Waals surface area (Å²) in [6, 6.07) is 9.61. The van der Waals surface area contributed by atoms with Crippen LogP contribution in [0.15, 0.2) is 41.8 Å². The SMILES string of the molecule is Cc1nc(/C=C/C(=O)N(C)C(CCO)c2ccccc2)cs1. The molecule has 1 amide bonds. The zero-order valence-electron chi connectivity index (χ0n) is 12.8. The first-order valence-corrected chi connectivity index (χ1v) is 8.02. The van der Waals surface area contributed by atoms with Crippen LogP contribution in [-0.2, 0) is 4.79 Å². The van der Waals surface area contributed by atoms with Gasteiger partial charge in [0.05, 0.1) is 16.7 Å². The highest BCUT2D eigenvalue weighted by Crippen LogP contribution is 2.23. The Morgan fingerprint density at radius 2 is 2.14 bits per heavy atom. The topological polar surface area (TPSA) is 53.4 Å². The monoisotopic (exact) mass is 316 g/mol. The number of rotatable bonds is 6. The van der Waals surface area contributed by atoms with Crippen molar-refractivity contribution in [3.05, 3.63) is 58.1 Å². The quantitative estimate of drug-likeness (QED) is 0.833. The molecule has 0 aliphatic carbocycles. The molecule has 1 N–H and O–H groups in total. The number of carbonyl (C=O) groups is 1. The van der Waals surface area contributed by atoms with Gasteiger partial charge in [0.25, 0.3) is 0 Å². The fraction of sp³-hybridized carbons (Fsp3) is 0.294. The zero-order valence-corrected chi connectivity index (χ0v) is 13.6. The minimum Gasteiger partial charge on any atom is -0.396 e. The van der Waals surface area contributed by atoms with Crippen LogP contribution in [0.25, 0.3) is 6.08 Å². The number of aryl methyl sites for hydroxylation is 1. The molecular weight excluding hydrogens is 296 g/mol. The van der Waals surface area contributed by atoms with Crippen molar-refractivity contribution < 1.29 is 9.90 Å². The third-order valence-electron chi connectivity index (χ3n) is 3.44. The molecule has 5 heteroatoms. The van der Waals surface area contributed by atoms with Gasteiger partial charge in [-0.05, 0) is 25.0 Å². The second-order valence-electron chi connectivity index (χ2n) is 5.01. The first kappa shape index (κ1) is 16.4. The van der Waals surface area contributed by atoms with Gasteiger partial charge >= 0.3 is 0 Å². The minimum atomic E-state index is -0.138. The number of benzene rings is 1. The van der Waals surface area contributed by atoms with E-state index in [1.807, 2.05) is 42.6 Å². The Hall–Kier alpha value is -1.98. The van der Waals surface area contributed by atoms with E-state index in [1.165, 1.54) is 6.08 Å². The molecule has 116 valence electrons. The van der Waals surface area contributed by atoms with Gasteiger partial charge in [0.1, 0.15) is 0 Å². The van der Waals surface area contributed by atoms with Gasteiger partial charge in [-0.15, -0.1) is 11.3 Å². The van der Waals surface area contributed by atoms with E-state index in [-0.39, 0.29) is 18.6 Å².